The summed E-state index contributed by atoms with van der Waals surface area (Å²) in [4.78, 5) is 11.0. The topological polar surface area (TPSA) is 67.2 Å². The zero-order valence-corrected chi connectivity index (χ0v) is 14.7. The van der Waals surface area contributed by atoms with Crippen LogP contribution in [0.1, 0.15) is 33.3 Å². The van der Waals surface area contributed by atoms with E-state index in [1.807, 2.05) is 27.7 Å². The van der Waals surface area contributed by atoms with Crippen LogP contribution in [0.15, 0.2) is 12.1 Å². The van der Waals surface area contributed by atoms with Crippen LogP contribution in [-0.2, 0) is 11.0 Å². The van der Waals surface area contributed by atoms with E-state index in [1.165, 1.54) is 0 Å². The molecule has 0 atom stereocenters. The van der Waals surface area contributed by atoms with Gasteiger partial charge in [-0.05, 0) is 19.1 Å². The lowest BCUT2D eigenvalue weighted by atomic mass is 9.96. The van der Waals surface area contributed by atoms with Crippen molar-refractivity contribution >= 4 is 34.8 Å². The van der Waals surface area contributed by atoms with Gasteiger partial charge >= 0.3 is 6.18 Å². The Kier molecular flexibility index (Phi) is 8.17. The van der Waals surface area contributed by atoms with E-state index in [4.69, 9.17) is 29.0 Å². The molecule has 0 aromatic heterocycles. The normalized spacial score (nSPS) is 11.4. The number of benzene rings is 1. The number of hydrazine groups is 1. The molecule has 1 aromatic carbocycles. The number of nitrogens with two attached hydrogens (primary N) is 1. The predicted octanol–water partition coefficient (Wildman–Crippen LogP) is 4.47. The molecule has 0 saturated heterocycles. The van der Waals surface area contributed by atoms with Gasteiger partial charge in [-0.15, -0.1) is 0 Å². The third-order valence-corrected chi connectivity index (χ3v) is 3.11. The van der Waals surface area contributed by atoms with Crippen molar-refractivity contribution < 1.29 is 18.0 Å². The van der Waals surface area contributed by atoms with Crippen molar-refractivity contribution in [1.82, 2.24) is 5.32 Å². The molecule has 1 rings (SSSR count). The maximum atomic E-state index is 12.3. The van der Waals surface area contributed by atoms with Crippen LogP contribution in [0.4, 0.5) is 18.9 Å². The molecule has 0 radical (unpaired) electrons. The zero-order valence-electron chi connectivity index (χ0n) is 13.2. The molecule has 0 aliphatic heterocycles. The van der Waals surface area contributed by atoms with E-state index in [0.29, 0.717) is 0 Å². The number of alkyl halides is 3. The minimum Gasteiger partial charge on any atom is -0.356 e. The number of halogens is 5. The molecule has 132 valence electrons. The number of amides is 1. The Morgan fingerprint density at radius 1 is 1.17 bits per heavy atom. The first-order valence-corrected chi connectivity index (χ1v) is 7.41. The average Bonchev–Trinajstić information content (AvgIpc) is 2.36. The van der Waals surface area contributed by atoms with Gasteiger partial charge < -0.3 is 10.7 Å². The Labute approximate surface area is 143 Å². The van der Waals surface area contributed by atoms with Crippen LogP contribution in [0.25, 0.3) is 0 Å². The number of nitrogens with one attached hydrogen (secondary N) is 2. The lowest BCUT2D eigenvalue weighted by molar-refractivity contribution is -0.137. The molecule has 0 aliphatic carbocycles. The molecule has 4 N–H and O–H groups in total. The Hall–Kier alpha value is -1.18. The van der Waals surface area contributed by atoms with Crippen LogP contribution >= 0.6 is 23.2 Å². The quantitative estimate of drug-likeness (QED) is 0.529. The molecule has 0 fully saturated rings. The van der Waals surface area contributed by atoms with Crippen molar-refractivity contribution in [3.8, 4) is 0 Å². The Morgan fingerprint density at radius 2 is 1.61 bits per heavy atom. The SMILES string of the molecule is CCNC(=O)C(C)(C)C.NNc1cc(Cl)c(C(F)(F)F)c(Cl)c1. The van der Waals surface area contributed by atoms with Crippen LogP contribution in [0.5, 0.6) is 0 Å². The van der Waals surface area contributed by atoms with Gasteiger partial charge in [-0.3, -0.25) is 10.6 Å². The second-order valence-corrected chi connectivity index (χ2v) is 6.38. The van der Waals surface area contributed by atoms with E-state index in [9.17, 15) is 18.0 Å². The fourth-order valence-electron chi connectivity index (χ4n) is 1.35. The van der Waals surface area contributed by atoms with Crippen LogP contribution in [-0.4, -0.2) is 12.5 Å². The third-order valence-electron chi connectivity index (χ3n) is 2.51. The highest BCUT2D eigenvalue weighted by atomic mass is 35.5. The number of rotatable bonds is 2. The number of hydrogen-bond acceptors (Lipinski definition) is 3. The lowest BCUT2D eigenvalue weighted by Gasteiger charge is -2.16. The molecular formula is C14H20Cl2F3N3O. The Balaban J connectivity index is 0.000000468. The van der Waals surface area contributed by atoms with Gasteiger partial charge in [-0.1, -0.05) is 44.0 Å². The second kappa shape index (κ2) is 8.61. The van der Waals surface area contributed by atoms with Crippen molar-refractivity contribution in [2.75, 3.05) is 12.0 Å². The van der Waals surface area contributed by atoms with E-state index in [-0.39, 0.29) is 17.0 Å². The minimum atomic E-state index is -4.57. The van der Waals surface area contributed by atoms with Crippen molar-refractivity contribution in [3.05, 3.63) is 27.7 Å². The van der Waals surface area contributed by atoms with Crippen LogP contribution in [0.3, 0.4) is 0 Å². The summed E-state index contributed by atoms with van der Waals surface area (Å²) >= 11 is 10.8. The summed E-state index contributed by atoms with van der Waals surface area (Å²) in [6.07, 6.45) is -4.57. The van der Waals surface area contributed by atoms with Gasteiger partial charge in [-0.25, -0.2) is 0 Å². The van der Waals surface area contributed by atoms with E-state index in [1.54, 1.807) is 0 Å². The molecule has 1 amide bonds. The number of nitrogen functional groups attached to an aromatic ring is 1. The fraction of sp³-hybridized carbons (Fsp3) is 0.500. The second-order valence-electron chi connectivity index (χ2n) is 5.57. The standard InChI is InChI=1S/C7H5Cl2F3N2.C7H15NO/c8-4-1-3(14-13)2-5(9)6(4)7(10,11)12;1-5-8-6(9)7(2,3)4/h1-2,14H,13H2;5H2,1-4H3,(H,8,9). The van der Waals surface area contributed by atoms with Crippen LogP contribution in [0, 0.1) is 5.41 Å². The van der Waals surface area contributed by atoms with Gasteiger partial charge in [-0.2, -0.15) is 13.2 Å². The third kappa shape index (κ3) is 7.28. The molecule has 0 heterocycles. The number of anilines is 1. The van der Waals surface area contributed by atoms with Crippen LogP contribution in [0.2, 0.25) is 10.0 Å². The summed E-state index contributed by atoms with van der Waals surface area (Å²) in [5.74, 6) is 5.11. The minimum absolute atomic E-state index is 0.116. The molecule has 9 heteroatoms. The van der Waals surface area contributed by atoms with Crippen molar-refractivity contribution in [2.45, 2.75) is 33.9 Å². The summed E-state index contributed by atoms with van der Waals surface area (Å²) in [6.45, 7) is 8.34. The maximum Gasteiger partial charge on any atom is 0.419 e. The Bertz CT molecular complexity index is 520. The Morgan fingerprint density at radius 3 is 1.83 bits per heavy atom. The van der Waals surface area contributed by atoms with E-state index in [0.717, 1.165) is 18.7 Å². The zero-order chi connectivity index (χ0) is 18.4. The monoisotopic (exact) mass is 373 g/mol. The highest BCUT2D eigenvalue weighted by molar-refractivity contribution is 6.36. The predicted molar refractivity (Wildman–Crippen MR) is 87.4 cm³/mol. The first kappa shape index (κ1) is 21.8. The summed E-state index contributed by atoms with van der Waals surface area (Å²) in [7, 11) is 0. The van der Waals surface area contributed by atoms with Gasteiger partial charge in [0.15, 0.2) is 0 Å². The lowest BCUT2D eigenvalue weighted by Crippen LogP contribution is -2.34. The summed E-state index contributed by atoms with van der Waals surface area (Å²) in [5.41, 5.74) is 1.07. The van der Waals surface area contributed by atoms with Crippen molar-refractivity contribution in [2.24, 2.45) is 11.3 Å². The summed E-state index contributed by atoms with van der Waals surface area (Å²) in [6, 6.07) is 2.10. The molecule has 0 spiro atoms. The molecule has 0 unspecified atom stereocenters. The molecule has 0 aliphatic rings. The number of carbonyl (C=O) groups excluding carboxylic acids is 1. The summed E-state index contributed by atoms with van der Waals surface area (Å²) in [5, 5.41) is 1.77. The van der Waals surface area contributed by atoms with Gasteiger partial charge in [0.1, 0.15) is 0 Å². The first-order valence-electron chi connectivity index (χ1n) is 6.65. The molecular weight excluding hydrogens is 354 g/mol. The van der Waals surface area contributed by atoms with E-state index < -0.39 is 21.8 Å². The van der Waals surface area contributed by atoms with E-state index >= 15 is 0 Å². The van der Waals surface area contributed by atoms with Gasteiger partial charge in [0, 0.05) is 12.0 Å². The number of carbonyl (C=O) groups is 1. The molecule has 23 heavy (non-hydrogen) atoms. The molecule has 4 nitrogen and oxygen atoms in total. The maximum absolute atomic E-state index is 12.3. The first-order chi connectivity index (χ1) is 10.3. The van der Waals surface area contributed by atoms with Gasteiger partial charge in [0.2, 0.25) is 5.91 Å². The highest BCUT2D eigenvalue weighted by Crippen LogP contribution is 2.40. The van der Waals surface area contributed by atoms with E-state index in [2.05, 4.69) is 10.7 Å². The molecule has 0 saturated carbocycles. The fourth-order valence-corrected chi connectivity index (χ4v) is 2.05. The molecule has 0 bridgehead atoms. The number of hydrogen-bond donors (Lipinski definition) is 3. The van der Waals surface area contributed by atoms with Crippen LogP contribution < -0.4 is 16.6 Å². The van der Waals surface area contributed by atoms with Crippen molar-refractivity contribution in [3.63, 3.8) is 0 Å². The van der Waals surface area contributed by atoms with Gasteiger partial charge in [0.25, 0.3) is 0 Å². The van der Waals surface area contributed by atoms with Gasteiger partial charge in [0.05, 0.1) is 21.3 Å². The smallest absolute Gasteiger partial charge is 0.356 e. The highest BCUT2D eigenvalue weighted by Gasteiger charge is 2.36. The van der Waals surface area contributed by atoms with Crippen molar-refractivity contribution in [1.29, 1.82) is 0 Å². The summed E-state index contributed by atoms with van der Waals surface area (Å²) < 4.78 is 37.0. The molecule has 1 aromatic rings. The average molecular weight is 374 g/mol. The largest absolute Gasteiger partial charge is 0.419 e.